The second-order valence-electron chi connectivity index (χ2n) is 29.9. The summed E-state index contributed by atoms with van der Waals surface area (Å²) in [7, 11) is -3.15. The van der Waals surface area contributed by atoms with Gasteiger partial charge in [0.05, 0.1) is 84.8 Å². The number of thioether (sulfide) groups is 1. The number of hydrogen-bond acceptors (Lipinski definition) is 21. The lowest BCUT2D eigenvalue weighted by atomic mass is 9.82. The Balaban J connectivity index is 0.861. The molecule has 1 aromatic carbocycles. The fourth-order valence-corrected chi connectivity index (χ4v) is 16.0. The molecule has 4 unspecified atom stereocenters. The van der Waals surface area contributed by atoms with E-state index in [-0.39, 0.29) is 115 Å². The van der Waals surface area contributed by atoms with E-state index in [0.717, 1.165) is 87.8 Å². The number of likely N-dealkylation sites (tertiary alicyclic amines) is 2. The van der Waals surface area contributed by atoms with Gasteiger partial charge in [0.2, 0.25) is 23.6 Å². The standard InChI is InChI=1S/C84H140N5O20PS/c1-4-6-8-10-12-14-16-18-20-22-24-26-28-30-32-36-81(95)106-65-73(109-82(96)37-33-31-29-27-25-23-21-19-17-15-13-11-9-7-5-2)66-108-110(98,99)107-51-47-85-77(90)67-104-56-55-101-52-50-89-79(92)64-76(84(89)97)111-60-59-103-54-53-102-57-58-105-74-42-39-70(62-75(74)100-3)71(63-80(93)94)61-68-44-48-88(49-45-68)78(91)43-41-72-40-38-69-35-34-46-86-83(69)87-72/h38-40,42,62,68,71,73,76H,4-37,41,43-61,63-67H2,1-3H3,(H,85,90)(H,86,87)(H,93,94)(H,98,99). The van der Waals surface area contributed by atoms with Crippen LogP contribution in [-0.4, -0.2) is 203 Å². The van der Waals surface area contributed by atoms with Gasteiger partial charge in [0, 0.05) is 63.3 Å². The molecule has 1 aromatic heterocycles. The monoisotopic (exact) mass is 1600 g/mol. The van der Waals surface area contributed by atoms with Crippen LogP contribution in [0.3, 0.4) is 0 Å². The van der Waals surface area contributed by atoms with Gasteiger partial charge in [-0.2, -0.15) is 0 Å². The quantitative estimate of drug-likeness (QED) is 0.0207. The maximum Gasteiger partial charge on any atom is 0.472 e. The van der Waals surface area contributed by atoms with E-state index in [4.69, 9.17) is 51.9 Å². The molecule has 0 spiro atoms. The minimum absolute atomic E-state index is 0.0285. The van der Waals surface area contributed by atoms with Crippen molar-refractivity contribution in [2.75, 3.05) is 130 Å². The highest BCUT2D eigenvalue weighted by Crippen LogP contribution is 2.43. The second-order valence-corrected chi connectivity index (χ2v) is 32.7. The van der Waals surface area contributed by atoms with Crippen molar-refractivity contribution in [1.29, 1.82) is 0 Å². The number of hydrogen-bond donors (Lipinski definition) is 4. The molecule has 4 heterocycles. The van der Waals surface area contributed by atoms with Crippen LogP contribution in [0.5, 0.6) is 11.5 Å². The molecule has 4 amide bonds. The number of nitrogens with zero attached hydrogens (tertiary/aromatic N) is 3. The number of carboxylic acid groups (broad SMARTS) is 1. The van der Waals surface area contributed by atoms with Crippen molar-refractivity contribution >= 4 is 66.9 Å². The molecule has 0 bridgehead atoms. The average Bonchev–Trinajstić information content (AvgIpc) is 1.66. The summed E-state index contributed by atoms with van der Waals surface area (Å²) in [6, 6.07) is 9.68. The molecule has 0 radical (unpaired) electrons. The Labute approximate surface area is 667 Å². The fourth-order valence-electron chi connectivity index (χ4n) is 14.2. The normalized spacial score (nSPS) is 15.6. The van der Waals surface area contributed by atoms with Crippen LogP contribution < -0.4 is 20.1 Å². The molecule has 632 valence electrons. The molecule has 4 N–H and O–H groups in total. The predicted molar refractivity (Wildman–Crippen MR) is 432 cm³/mol. The second kappa shape index (κ2) is 61.0. The van der Waals surface area contributed by atoms with Crippen LogP contribution in [0.15, 0.2) is 30.3 Å². The molecule has 0 saturated carbocycles. The number of phosphoric acid groups is 1. The zero-order chi connectivity index (χ0) is 79.6. The number of carbonyl (C=O) groups excluding carboxylic acids is 6. The smallest absolute Gasteiger partial charge is 0.472 e. The summed E-state index contributed by atoms with van der Waals surface area (Å²) < 4.78 is 68.4. The number of benzene rings is 1. The molecular formula is C84H140N5O20PS. The van der Waals surface area contributed by atoms with Gasteiger partial charge >= 0.3 is 25.7 Å². The van der Waals surface area contributed by atoms with Gasteiger partial charge < -0.3 is 63.4 Å². The minimum atomic E-state index is -4.69. The van der Waals surface area contributed by atoms with Gasteiger partial charge in [-0.3, -0.25) is 47.5 Å². The van der Waals surface area contributed by atoms with E-state index >= 15 is 0 Å². The third-order valence-electron chi connectivity index (χ3n) is 20.7. The van der Waals surface area contributed by atoms with Gasteiger partial charge in [0.15, 0.2) is 17.6 Å². The number of aliphatic carboxylic acids is 1. The van der Waals surface area contributed by atoms with Crippen molar-refractivity contribution in [3.63, 3.8) is 0 Å². The summed E-state index contributed by atoms with van der Waals surface area (Å²) in [6.07, 6.45) is 40.7. The molecule has 25 nitrogen and oxygen atoms in total. The van der Waals surface area contributed by atoms with E-state index in [1.54, 1.807) is 13.2 Å². The van der Waals surface area contributed by atoms with Gasteiger partial charge in [0.25, 0.3) is 0 Å². The lowest BCUT2D eigenvalue weighted by Crippen LogP contribution is -2.39. The summed E-state index contributed by atoms with van der Waals surface area (Å²) in [4.78, 5) is 108. The van der Waals surface area contributed by atoms with E-state index in [0.29, 0.717) is 82.3 Å². The number of ether oxygens (including phenoxy) is 8. The number of amides is 4. The Morgan fingerprint density at radius 1 is 0.649 bits per heavy atom. The number of imide groups is 1. The molecule has 0 aliphatic carbocycles. The number of rotatable bonds is 70. The highest BCUT2D eigenvalue weighted by Gasteiger charge is 2.38. The first-order chi connectivity index (χ1) is 54.1. The van der Waals surface area contributed by atoms with Crippen LogP contribution in [0, 0.1) is 5.92 Å². The van der Waals surface area contributed by atoms with Crippen LogP contribution in [-0.2, 0) is 88.4 Å². The van der Waals surface area contributed by atoms with Crippen molar-refractivity contribution in [3.8, 4) is 11.5 Å². The van der Waals surface area contributed by atoms with E-state index in [2.05, 4.69) is 30.5 Å². The highest BCUT2D eigenvalue weighted by molar-refractivity contribution is 8.00. The maximum atomic E-state index is 13.2. The zero-order valence-corrected chi connectivity index (χ0v) is 69.6. The number of piperidine rings is 1. The number of anilines is 1. The van der Waals surface area contributed by atoms with Crippen molar-refractivity contribution in [2.45, 2.75) is 294 Å². The molecule has 111 heavy (non-hydrogen) atoms. The van der Waals surface area contributed by atoms with Crippen molar-refractivity contribution < 1.29 is 95.1 Å². The van der Waals surface area contributed by atoms with Crippen LogP contribution in [0.4, 0.5) is 5.82 Å². The van der Waals surface area contributed by atoms with Crippen LogP contribution in [0.1, 0.15) is 287 Å². The summed E-state index contributed by atoms with van der Waals surface area (Å²) in [5.41, 5.74) is 3.00. The number of carbonyl (C=O) groups is 7. The molecule has 3 aliphatic heterocycles. The van der Waals surface area contributed by atoms with E-state index in [1.165, 1.54) is 163 Å². The number of fused-ring (bicyclic) bond motifs is 1. The van der Waals surface area contributed by atoms with Crippen molar-refractivity contribution in [2.24, 2.45) is 5.92 Å². The minimum Gasteiger partial charge on any atom is -0.493 e. The molecular weight excluding hydrogens is 1460 g/mol. The van der Waals surface area contributed by atoms with Crippen molar-refractivity contribution in [3.05, 3.63) is 47.2 Å². The fraction of sp³-hybridized carbons (Fsp3) is 0.786. The first kappa shape index (κ1) is 96.1. The summed E-state index contributed by atoms with van der Waals surface area (Å²) in [5.74, 6) is -0.373. The van der Waals surface area contributed by atoms with Gasteiger partial charge in [-0.25, -0.2) is 9.55 Å². The first-order valence-corrected chi connectivity index (χ1v) is 45.2. The Bertz CT molecular complexity index is 2950. The van der Waals surface area contributed by atoms with Gasteiger partial charge in [-0.1, -0.05) is 206 Å². The van der Waals surface area contributed by atoms with Crippen LogP contribution >= 0.6 is 19.6 Å². The third kappa shape index (κ3) is 44.9. The number of methoxy groups -OCH3 is 1. The highest BCUT2D eigenvalue weighted by atomic mass is 32.2. The molecule has 2 aromatic rings. The topological polar surface area (TPSA) is 313 Å². The summed E-state index contributed by atoms with van der Waals surface area (Å²) in [5, 5.41) is 15.2. The number of esters is 2. The Hall–Kier alpha value is -5.44. The summed E-state index contributed by atoms with van der Waals surface area (Å²) >= 11 is 1.35. The van der Waals surface area contributed by atoms with Gasteiger partial charge in [0.1, 0.15) is 25.6 Å². The Morgan fingerprint density at radius 2 is 1.22 bits per heavy atom. The van der Waals surface area contributed by atoms with E-state index in [1.807, 2.05) is 23.1 Å². The van der Waals surface area contributed by atoms with Crippen molar-refractivity contribution in [1.82, 2.24) is 20.1 Å². The molecule has 27 heteroatoms. The van der Waals surface area contributed by atoms with Gasteiger partial charge in [-0.05, 0) is 92.5 Å². The first-order valence-electron chi connectivity index (χ1n) is 42.6. The SMILES string of the molecule is CCCCCCCCCCCCCCCCCC(=O)OCC(COP(=O)(O)OCCNC(=O)COCCOCCN1C(=O)CC(SCCOCCOCCOc2ccc(C(CC(=O)O)CC3CCN(C(=O)CCc4ccc5c(n4)NCCC5)CC3)cc2OC)C1=O)OC(=O)CCCCCCCCCCCCCCCCC. The number of carboxylic acids is 1. The molecule has 2 fully saturated rings. The molecule has 5 rings (SSSR count). The number of pyridine rings is 1. The van der Waals surface area contributed by atoms with Gasteiger partial charge in [-0.15, -0.1) is 11.8 Å². The van der Waals surface area contributed by atoms with E-state index in [9.17, 15) is 48.1 Å². The summed E-state index contributed by atoms with van der Waals surface area (Å²) in [6.45, 7) is 6.65. The number of nitrogens with one attached hydrogen (secondary N) is 2. The number of aromatic nitrogens is 1. The lowest BCUT2D eigenvalue weighted by molar-refractivity contribution is -0.161. The maximum absolute atomic E-state index is 13.2. The average molecular weight is 1600 g/mol. The molecule has 3 aliphatic rings. The van der Waals surface area contributed by atoms with Crippen LogP contribution in [0.2, 0.25) is 0 Å². The largest absolute Gasteiger partial charge is 0.493 e. The number of phosphoric ester groups is 1. The Morgan fingerprint density at radius 3 is 1.82 bits per heavy atom. The Kier molecular flexibility index (Phi) is 52.9. The van der Waals surface area contributed by atoms with Crippen LogP contribution in [0.25, 0.3) is 0 Å². The number of unbranched alkanes of at least 4 members (excludes halogenated alkanes) is 28. The number of aryl methyl sites for hydroxylation is 2. The lowest BCUT2D eigenvalue weighted by Gasteiger charge is -2.34. The molecule has 4 atom stereocenters. The van der Waals surface area contributed by atoms with E-state index < -0.39 is 56.2 Å². The predicted octanol–water partition coefficient (Wildman–Crippen LogP) is 15.8. The third-order valence-corrected chi connectivity index (χ3v) is 22.8. The zero-order valence-electron chi connectivity index (χ0n) is 67.9. The molecule has 2 saturated heterocycles.